The molecule has 1 unspecified atom stereocenters. The third-order valence-electron chi connectivity index (χ3n) is 0.443. The van der Waals surface area contributed by atoms with E-state index in [1.165, 1.54) is 6.08 Å². The van der Waals surface area contributed by atoms with Gasteiger partial charge in [-0.25, -0.2) is 4.99 Å². The van der Waals surface area contributed by atoms with Crippen molar-refractivity contribution in [3.8, 4) is 0 Å². The molecular formula is C4H7ClN2S. The number of thiocarbonyl (C=S) groups is 1. The lowest BCUT2D eigenvalue weighted by atomic mass is 10.5. The average molecular weight is 151 g/mol. The highest BCUT2D eigenvalue weighted by Gasteiger charge is 1.82. The quantitative estimate of drug-likeness (QED) is 0.362. The van der Waals surface area contributed by atoms with Gasteiger partial charge in [0.25, 0.3) is 0 Å². The molecule has 0 aromatic carbocycles. The highest BCUT2D eigenvalue weighted by molar-refractivity contribution is 7.78. The standard InChI is InChI=1S/C4H6N2S.ClH/c1-2-4(5)6-3-7;/h2,4H,1,5H2;1H. The molecule has 0 amide bonds. The van der Waals surface area contributed by atoms with Crippen molar-refractivity contribution in [2.45, 2.75) is 6.17 Å². The number of hydrogen-bond donors (Lipinski definition) is 1. The summed E-state index contributed by atoms with van der Waals surface area (Å²) in [5, 5.41) is 2.13. The van der Waals surface area contributed by atoms with Crippen molar-refractivity contribution >= 4 is 29.8 Å². The summed E-state index contributed by atoms with van der Waals surface area (Å²) in [5.41, 5.74) is 5.17. The van der Waals surface area contributed by atoms with Crippen molar-refractivity contribution in [2.75, 3.05) is 0 Å². The third kappa shape index (κ3) is 5.79. The molecule has 46 valence electrons. The molecule has 2 nitrogen and oxygen atoms in total. The smallest absolute Gasteiger partial charge is 0.126 e. The van der Waals surface area contributed by atoms with Crippen LogP contribution in [0.3, 0.4) is 0 Å². The summed E-state index contributed by atoms with van der Waals surface area (Å²) in [4.78, 5) is 3.47. The molecule has 0 spiro atoms. The Morgan fingerprint density at radius 3 is 2.50 bits per heavy atom. The van der Waals surface area contributed by atoms with Gasteiger partial charge in [-0.3, -0.25) is 0 Å². The second-order valence-corrected chi connectivity index (χ2v) is 1.13. The Hall–Kier alpha value is -0.210. The minimum Gasteiger partial charge on any atom is -0.306 e. The molecule has 0 radical (unpaired) electrons. The first kappa shape index (κ1) is 10.7. The topological polar surface area (TPSA) is 38.4 Å². The zero-order valence-electron chi connectivity index (χ0n) is 4.20. The van der Waals surface area contributed by atoms with Crippen LogP contribution in [0.1, 0.15) is 0 Å². The van der Waals surface area contributed by atoms with Crippen LogP contribution >= 0.6 is 24.6 Å². The van der Waals surface area contributed by atoms with Gasteiger partial charge in [0.2, 0.25) is 0 Å². The second-order valence-electron chi connectivity index (χ2n) is 0.947. The van der Waals surface area contributed by atoms with Crippen LogP contribution in [-0.2, 0) is 0 Å². The first-order chi connectivity index (χ1) is 3.31. The molecular weight excluding hydrogens is 144 g/mol. The zero-order valence-corrected chi connectivity index (χ0v) is 5.84. The second kappa shape index (κ2) is 6.79. The van der Waals surface area contributed by atoms with Crippen LogP contribution in [0.2, 0.25) is 0 Å². The predicted molar refractivity (Wildman–Crippen MR) is 40.4 cm³/mol. The molecule has 0 bridgehead atoms. The molecule has 8 heavy (non-hydrogen) atoms. The first-order valence-corrected chi connectivity index (χ1v) is 2.17. The molecule has 0 saturated heterocycles. The Labute approximate surface area is 59.9 Å². The number of isothiocyanates is 1. The van der Waals surface area contributed by atoms with Gasteiger partial charge in [0, 0.05) is 0 Å². The first-order valence-electron chi connectivity index (χ1n) is 1.76. The van der Waals surface area contributed by atoms with E-state index in [2.05, 4.69) is 29.0 Å². The van der Waals surface area contributed by atoms with Crippen LogP contribution < -0.4 is 5.73 Å². The Kier molecular flexibility index (Phi) is 9.09. The summed E-state index contributed by atoms with van der Waals surface area (Å²) >= 11 is 4.25. The molecule has 2 N–H and O–H groups in total. The lowest BCUT2D eigenvalue weighted by Crippen LogP contribution is -2.11. The SMILES string of the molecule is C=CC(N)N=C=S.Cl. The monoisotopic (exact) mass is 150 g/mol. The number of nitrogens with two attached hydrogens (primary N) is 1. The van der Waals surface area contributed by atoms with Crippen LogP contribution in [0.5, 0.6) is 0 Å². The summed E-state index contributed by atoms with van der Waals surface area (Å²) in [5.74, 6) is 0. The van der Waals surface area contributed by atoms with E-state index in [1.807, 2.05) is 0 Å². The zero-order chi connectivity index (χ0) is 5.70. The molecule has 0 fully saturated rings. The van der Waals surface area contributed by atoms with Gasteiger partial charge < -0.3 is 5.73 Å². The minimum absolute atomic E-state index is 0. The van der Waals surface area contributed by atoms with Gasteiger partial charge in [0.1, 0.15) is 6.17 Å². The largest absolute Gasteiger partial charge is 0.306 e. The van der Waals surface area contributed by atoms with Gasteiger partial charge in [-0.2, -0.15) is 0 Å². The van der Waals surface area contributed by atoms with Gasteiger partial charge in [-0.1, -0.05) is 12.7 Å². The molecule has 4 heteroatoms. The van der Waals surface area contributed by atoms with Crippen LogP contribution in [0.4, 0.5) is 0 Å². The van der Waals surface area contributed by atoms with Crippen LogP contribution in [0.15, 0.2) is 17.6 Å². The number of nitrogens with zero attached hydrogens (tertiary/aromatic N) is 1. The predicted octanol–water partition coefficient (Wildman–Crippen LogP) is 0.982. The van der Waals surface area contributed by atoms with Crippen molar-refractivity contribution in [3.63, 3.8) is 0 Å². The highest BCUT2D eigenvalue weighted by Crippen LogP contribution is 1.75. The van der Waals surface area contributed by atoms with Crippen LogP contribution in [0.25, 0.3) is 0 Å². The Morgan fingerprint density at radius 1 is 1.88 bits per heavy atom. The normalized spacial score (nSPS) is 10.1. The van der Waals surface area contributed by atoms with Crippen molar-refractivity contribution in [1.29, 1.82) is 0 Å². The summed E-state index contributed by atoms with van der Waals surface area (Å²) in [7, 11) is 0. The molecule has 0 saturated carbocycles. The fourth-order valence-electron chi connectivity index (χ4n) is 0.114. The Morgan fingerprint density at radius 2 is 2.38 bits per heavy atom. The van der Waals surface area contributed by atoms with Gasteiger partial charge in [0.15, 0.2) is 0 Å². The number of halogens is 1. The van der Waals surface area contributed by atoms with E-state index in [-0.39, 0.29) is 18.6 Å². The summed E-state index contributed by atoms with van der Waals surface area (Å²) in [6.07, 6.45) is 1.11. The van der Waals surface area contributed by atoms with Gasteiger partial charge >= 0.3 is 0 Å². The molecule has 0 aromatic heterocycles. The van der Waals surface area contributed by atoms with E-state index < -0.39 is 0 Å². The summed E-state index contributed by atoms with van der Waals surface area (Å²) in [6, 6.07) is 0. The number of hydrogen-bond acceptors (Lipinski definition) is 3. The molecule has 0 rings (SSSR count). The summed E-state index contributed by atoms with van der Waals surface area (Å²) < 4.78 is 0. The van der Waals surface area contributed by atoms with Crippen molar-refractivity contribution in [1.82, 2.24) is 0 Å². The lowest BCUT2D eigenvalue weighted by molar-refractivity contribution is 0.888. The van der Waals surface area contributed by atoms with E-state index in [1.54, 1.807) is 0 Å². The fourth-order valence-corrected chi connectivity index (χ4v) is 0.235. The molecule has 0 aromatic rings. The molecule has 0 aliphatic rings. The van der Waals surface area contributed by atoms with E-state index in [9.17, 15) is 0 Å². The summed E-state index contributed by atoms with van der Waals surface area (Å²) in [6.45, 7) is 3.37. The van der Waals surface area contributed by atoms with E-state index in [4.69, 9.17) is 5.73 Å². The molecule has 0 aliphatic heterocycles. The van der Waals surface area contributed by atoms with Crippen molar-refractivity contribution in [2.24, 2.45) is 10.7 Å². The van der Waals surface area contributed by atoms with Crippen molar-refractivity contribution in [3.05, 3.63) is 12.7 Å². The number of aliphatic imine (C=N–C) groups is 1. The third-order valence-corrected chi connectivity index (χ3v) is 0.549. The molecule has 0 heterocycles. The number of rotatable bonds is 2. The Balaban J connectivity index is 0. The van der Waals surface area contributed by atoms with Crippen molar-refractivity contribution < 1.29 is 0 Å². The maximum atomic E-state index is 5.17. The minimum atomic E-state index is -0.377. The van der Waals surface area contributed by atoms with Crippen LogP contribution in [0, 0.1) is 0 Å². The maximum Gasteiger partial charge on any atom is 0.126 e. The van der Waals surface area contributed by atoms with Gasteiger partial charge in [-0.15, -0.1) is 12.4 Å². The lowest BCUT2D eigenvalue weighted by Gasteiger charge is -1.88. The van der Waals surface area contributed by atoms with Gasteiger partial charge in [0.05, 0.1) is 5.16 Å². The van der Waals surface area contributed by atoms with E-state index in [0.717, 1.165) is 0 Å². The van der Waals surface area contributed by atoms with Gasteiger partial charge in [-0.05, 0) is 12.2 Å². The molecule has 0 aliphatic carbocycles. The van der Waals surface area contributed by atoms with Crippen LogP contribution in [-0.4, -0.2) is 11.3 Å². The Bertz CT molecular complexity index is 109. The van der Waals surface area contributed by atoms with E-state index >= 15 is 0 Å². The average Bonchev–Trinajstić information content (AvgIpc) is 1.68. The maximum absolute atomic E-state index is 5.17. The molecule has 1 atom stereocenters. The van der Waals surface area contributed by atoms with E-state index in [0.29, 0.717) is 0 Å². The highest BCUT2D eigenvalue weighted by atomic mass is 35.5. The fraction of sp³-hybridized carbons (Fsp3) is 0.250.